The monoisotopic (exact) mass is 270 g/mol. The molecule has 0 atom stereocenters. The highest BCUT2D eigenvalue weighted by atomic mass is 16.2. The minimum Gasteiger partial charge on any atom is -0.382 e. The molecular formula is C15H18N4O. The van der Waals surface area contributed by atoms with Crippen molar-refractivity contribution in [3.8, 4) is 0 Å². The topological polar surface area (TPSA) is 72.1 Å². The van der Waals surface area contributed by atoms with E-state index in [1.54, 1.807) is 17.0 Å². The van der Waals surface area contributed by atoms with Gasteiger partial charge in [-0.1, -0.05) is 30.3 Å². The van der Waals surface area contributed by atoms with Crippen LogP contribution in [0.2, 0.25) is 0 Å². The molecule has 1 aromatic heterocycles. The fourth-order valence-corrected chi connectivity index (χ4v) is 1.87. The Balaban J connectivity index is 2.20. The lowest BCUT2D eigenvalue weighted by Crippen LogP contribution is -2.37. The second-order valence-electron chi connectivity index (χ2n) is 4.86. The van der Waals surface area contributed by atoms with Crippen LogP contribution in [0.15, 0.2) is 42.5 Å². The third-order valence-electron chi connectivity index (χ3n) is 2.98. The highest BCUT2D eigenvalue weighted by Gasteiger charge is 2.20. The molecule has 0 spiro atoms. The Kier molecular flexibility index (Phi) is 4.30. The second kappa shape index (κ2) is 6.14. The van der Waals surface area contributed by atoms with Gasteiger partial charge >= 0.3 is 0 Å². The van der Waals surface area contributed by atoms with Crippen molar-refractivity contribution in [2.75, 3.05) is 5.73 Å². The molecule has 5 nitrogen and oxygen atoms in total. The summed E-state index contributed by atoms with van der Waals surface area (Å²) in [4.78, 5) is 14.2. The van der Waals surface area contributed by atoms with Crippen molar-refractivity contribution in [3.63, 3.8) is 0 Å². The van der Waals surface area contributed by atoms with E-state index in [4.69, 9.17) is 5.73 Å². The summed E-state index contributed by atoms with van der Waals surface area (Å²) in [5, 5.41) is 7.59. The molecule has 2 aromatic rings. The van der Waals surface area contributed by atoms with Crippen molar-refractivity contribution in [2.45, 2.75) is 26.4 Å². The number of nitrogens with two attached hydrogens (primary N) is 1. The maximum atomic E-state index is 12.5. The van der Waals surface area contributed by atoms with Crippen LogP contribution >= 0.6 is 0 Å². The number of rotatable bonds is 4. The van der Waals surface area contributed by atoms with Gasteiger partial charge in [0.25, 0.3) is 5.91 Å². The van der Waals surface area contributed by atoms with Gasteiger partial charge in [0, 0.05) is 12.6 Å². The minimum absolute atomic E-state index is 0.0714. The molecule has 0 fully saturated rings. The van der Waals surface area contributed by atoms with Crippen molar-refractivity contribution in [2.24, 2.45) is 0 Å². The number of nitrogen functional groups attached to an aromatic ring is 1. The maximum Gasteiger partial charge on any atom is 0.274 e. The van der Waals surface area contributed by atoms with Crippen molar-refractivity contribution < 1.29 is 4.79 Å². The first kappa shape index (κ1) is 14.0. The van der Waals surface area contributed by atoms with Crippen molar-refractivity contribution in [1.29, 1.82) is 0 Å². The number of hydrogen-bond donors (Lipinski definition) is 1. The van der Waals surface area contributed by atoms with Crippen LogP contribution < -0.4 is 5.73 Å². The van der Waals surface area contributed by atoms with Crippen LogP contribution in [-0.2, 0) is 6.54 Å². The molecule has 0 aliphatic heterocycles. The van der Waals surface area contributed by atoms with Gasteiger partial charge in [0.15, 0.2) is 5.69 Å². The molecule has 5 heteroatoms. The van der Waals surface area contributed by atoms with Gasteiger partial charge in [-0.05, 0) is 31.5 Å². The zero-order valence-corrected chi connectivity index (χ0v) is 11.7. The van der Waals surface area contributed by atoms with Gasteiger partial charge in [-0.3, -0.25) is 4.79 Å². The number of nitrogens with zero attached hydrogens (tertiary/aromatic N) is 3. The quantitative estimate of drug-likeness (QED) is 0.923. The molecule has 1 heterocycles. The van der Waals surface area contributed by atoms with Crippen molar-refractivity contribution in [3.05, 3.63) is 53.7 Å². The molecule has 0 bridgehead atoms. The van der Waals surface area contributed by atoms with Crippen LogP contribution in [0.5, 0.6) is 0 Å². The van der Waals surface area contributed by atoms with Gasteiger partial charge in [-0.15, -0.1) is 10.2 Å². The van der Waals surface area contributed by atoms with Crippen molar-refractivity contribution >= 4 is 11.7 Å². The first-order chi connectivity index (χ1) is 9.58. The Hall–Kier alpha value is -2.43. The largest absolute Gasteiger partial charge is 0.382 e. The van der Waals surface area contributed by atoms with Crippen LogP contribution in [0.25, 0.3) is 0 Å². The zero-order valence-electron chi connectivity index (χ0n) is 11.7. The molecule has 20 heavy (non-hydrogen) atoms. The molecule has 0 saturated heterocycles. The van der Waals surface area contributed by atoms with E-state index >= 15 is 0 Å². The van der Waals surface area contributed by atoms with Gasteiger partial charge in [0.1, 0.15) is 5.82 Å². The Morgan fingerprint density at radius 3 is 2.40 bits per heavy atom. The minimum atomic E-state index is -0.142. The number of carbonyl (C=O) groups excluding carboxylic acids is 1. The molecule has 0 saturated carbocycles. The van der Waals surface area contributed by atoms with E-state index in [1.807, 2.05) is 44.2 Å². The Morgan fingerprint density at radius 1 is 1.15 bits per heavy atom. The Labute approximate surface area is 118 Å². The Bertz CT molecular complexity index is 566. The fraction of sp³-hybridized carbons (Fsp3) is 0.267. The lowest BCUT2D eigenvalue weighted by Gasteiger charge is -2.26. The van der Waals surface area contributed by atoms with E-state index in [0.29, 0.717) is 18.1 Å². The summed E-state index contributed by atoms with van der Waals surface area (Å²) >= 11 is 0. The summed E-state index contributed by atoms with van der Waals surface area (Å²) in [5.74, 6) is 0.164. The highest BCUT2D eigenvalue weighted by molar-refractivity contribution is 5.92. The summed E-state index contributed by atoms with van der Waals surface area (Å²) < 4.78 is 0. The van der Waals surface area contributed by atoms with E-state index in [1.165, 1.54) is 0 Å². The summed E-state index contributed by atoms with van der Waals surface area (Å²) in [6.07, 6.45) is 0. The molecular weight excluding hydrogens is 252 g/mol. The normalized spacial score (nSPS) is 10.6. The average Bonchev–Trinajstić information content (AvgIpc) is 2.45. The summed E-state index contributed by atoms with van der Waals surface area (Å²) in [5.41, 5.74) is 6.88. The first-order valence-corrected chi connectivity index (χ1v) is 6.52. The van der Waals surface area contributed by atoms with E-state index < -0.39 is 0 Å². The lowest BCUT2D eigenvalue weighted by molar-refractivity contribution is 0.0683. The Morgan fingerprint density at radius 2 is 1.85 bits per heavy atom. The van der Waals surface area contributed by atoms with Gasteiger partial charge in [0.05, 0.1) is 0 Å². The molecule has 1 aromatic carbocycles. The molecule has 0 aliphatic carbocycles. The van der Waals surface area contributed by atoms with Crippen LogP contribution in [0, 0.1) is 0 Å². The third kappa shape index (κ3) is 3.32. The number of anilines is 1. The highest BCUT2D eigenvalue weighted by Crippen LogP contribution is 2.12. The van der Waals surface area contributed by atoms with E-state index in [-0.39, 0.29) is 11.9 Å². The van der Waals surface area contributed by atoms with Crippen LogP contribution in [-0.4, -0.2) is 27.0 Å². The predicted octanol–water partition coefficient (Wildman–Crippen LogP) is 2.11. The molecule has 104 valence electrons. The predicted molar refractivity (Wildman–Crippen MR) is 77.9 cm³/mol. The first-order valence-electron chi connectivity index (χ1n) is 6.52. The molecule has 1 amide bonds. The number of aromatic nitrogens is 2. The standard InChI is InChI=1S/C15H18N4O/c1-11(2)19(10-12-6-4-3-5-7-12)15(20)13-8-9-14(16)18-17-13/h3-9,11H,10H2,1-2H3,(H2,16,18). The van der Waals surface area contributed by atoms with E-state index in [2.05, 4.69) is 10.2 Å². The average molecular weight is 270 g/mol. The molecule has 2 rings (SSSR count). The van der Waals surface area contributed by atoms with Crippen LogP contribution in [0.4, 0.5) is 5.82 Å². The fourth-order valence-electron chi connectivity index (χ4n) is 1.87. The van der Waals surface area contributed by atoms with Gasteiger partial charge in [0.2, 0.25) is 0 Å². The maximum absolute atomic E-state index is 12.5. The van der Waals surface area contributed by atoms with Crippen LogP contribution in [0.1, 0.15) is 29.9 Å². The molecule has 0 radical (unpaired) electrons. The summed E-state index contributed by atoms with van der Waals surface area (Å²) in [6.45, 7) is 4.50. The summed E-state index contributed by atoms with van der Waals surface area (Å²) in [6, 6.07) is 13.1. The van der Waals surface area contributed by atoms with Crippen LogP contribution in [0.3, 0.4) is 0 Å². The van der Waals surface area contributed by atoms with E-state index in [0.717, 1.165) is 5.56 Å². The third-order valence-corrected chi connectivity index (χ3v) is 2.98. The van der Waals surface area contributed by atoms with Gasteiger partial charge in [-0.25, -0.2) is 0 Å². The zero-order chi connectivity index (χ0) is 14.5. The van der Waals surface area contributed by atoms with Gasteiger partial charge < -0.3 is 10.6 Å². The number of carbonyl (C=O) groups is 1. The second-order valence-corrected chi connectivity index (χ2v) is 4.86. The molecule has 2 N–H and O–H groups in total. The van der Waals surface area contributed by atoms with Gasteiger partial charge in [-0.2, -0.15) is 0 Å². The van der Waals surface area contributed by atoms with Crippen molar-refractivity contribution in [1.82, 2.24) is 15.1 Å². The smallest absolute Gasteiger partial charge is 0.274 e. The number of amides is 1. The SMILES string of the molecule is CC(C)N(Cc1ccccc1)C(=O)c1ccc(N)nn1. The lowest BCUT2D eigenvalue weighted by atomic mass is 10.1. The van der Waals surface area contributed by atoms with E-state index in [9.17, 15) is 4.79 Å². The number of hydrogen-bond acceptors (Lipinski definition) is 4. The number of benzene rings is 1. The summed E-state index contributed by atoms with van der Waals surface area (Å²) in [7, 11) is 0. The molecule has 0 aliphatic rings. The molecule has 0 unspecified atom stereocenters.